The van der Waals surface area contributed by atoms with Crippen molar-refractivity contribution in [2.75, 3.05) is 13.1 Å². The summed E-state index contributed by atoms with van der Waals surface area (Å²) in [6, 6.07) is 3.44. The minimum atomic E-state index is 0.0260. The van der Waals surface area contributed by atoms with Crippen LogP contribution in [0.4, 0.5) is 0 Å². The van der Waals surface area contributed by atoms with Crippen molar-refractivity contribution in [1.29, 1.82) is 0 Å². The molecule has 1 amide bonds. The molecule has 1 N–H and O–H groups in total. The highest BCUT2D eigenvalue weighted by Gasteiger charge is 2.14. The molecule has 0 aliphatic carbocycles. The third kappa shape index (κ3) is 2.85. The molecule has 0 spiro atoms. The number of benzene rings is 1. The molecule has 7 heteroatoms. The Balaban J connectivity index is 2.44. The van der Waals surface area contributed by atoms with Gasteiger partial charge in [-0.3, -0.25) is 4.79 Å². The molecule has 0 aliphatic heterocycles. The number of halogens is 2. The van der Waals surface area contributed by atoms with Crippen LogP contribution in [0.15, 0.2) is 12.1 Å². The Morgan fingerprint density at radius 3 is 2.50 bits per heavy atom. The fourth-order valence-corrected chi connectivity index (χ4v) is 2.71. The Morgan fingerprint density at radius 1 is 1.30 bits per heavy atom. The van der Waals surface area contributed by atoms with E-state index in [1.54, 1.807) is 21.6 Å². The van der Waals surface area contributed by atoms with Crippen LogP contribution in [0.5, 0.6) is 0 Å². The molecule has 0 atom stereocenters. The number of carbonyl (C=O) groups is 1. The van der Waals surface area contributed by atoms with Gasteiger partial charge < -0.3 is 14.5 Å². The fraction of sp³-hybridized carbons (Fsp3) is 0.385. The molecule has 1 heterocycles. The topological polar surface area (TPSA) is 41.0 Å². The predicted octanol–water partition coefficient (Wildman–Crippen LogP) is 3.87. The van der Waals surface area contributed by atoms with Gasteiger partial charge in [-0.2, -0.15) is 0 Å². The van der Waals surface area contributed by atoms with E-state index in [-0.39, 0.29) is 12.5 Å². The monoisotopic (exact) mass is 331 g/mol. The third-order valence-electron chi connectivity index (χ3n) is 3.23. The number of carbonyl (C=O) groups excluding carboxylic acids is 1. The quantitative estimate of drug-likeness (QED) is 0.864. The van der Waals surface area contributed by atoms with Crippen molar-refractivity contribution in [3.63, 3.8) is 0 Å². The third-order valence-corrected chi connectivity index (χ3v) is 4.27. The van der Waals surface area contributed by atoms with E-state index >= 15 is 0 Å². The summed E-state index contributed by atoms with van der Waals surface area (Å²) in [5.41, 5.74) is 1.56. The van der Waals surface area contributed by atoms with Crippen molar-refractivity contribution in [2.45, 2.75) is 20.4 Å². The molecule has 0 bridgehead atoms. The van der Waals surface area contributed by atoms with Gasteiger partial charge in [0.15, 0.2) is 4.77 Å². The summed E-state index contributed by atoms with van der Waals surface area (Å²) in [4.78, 5) is 17.0. The highest BCUT2D eigenvalue weighted by Crippen LogP contribution is 2.27. The highest BCUT2D eigenvalue weighted by atomic mass is 35.5. The Bertz CT molecular complexity index is 703. The van der Waals surface area contributed by atoms with E-state index in [0.717, 1.165) is 11.0 Å². The van der Waals surface area contributed by atoms with Crippen LogP contribution in [0, 0.1) is 4.77 Å². The van der Waals surface area contributed by atoms with Crippen LogP contribution in [-0.4, -0.2) is 33.4 Å². The number of rotatable bonds is 4. The zero-order chi connectivity index (χ0) is 14.9. The lowest BCUT2D eigenvalue weighted by atomic mass is 10.3. The molecule has 0 aliphatic rings. The second-order valence-electron chi connectivity index (χ2n) is 4.37. The average molecular weight is 332 g/mol. The highest BCUT2D eigenvalue weighted by molar-refractivity contribution is 7.71. The number of hydrogen-bond donors (Lipinski definition) is 1. The van der Waals surface area contributed by atoms with E-state index in [0.29, 0.717) is 27.9 Å². The molecule has 1 aromatic carbocycles. The first-order valence-electron chi connectivity index (χ1n) is 6.33. The van der Waals surface area contributed by atoms with Gasteiger partial charge in [0.05, 0.1) is 21.1 Å². The van der Waals surface area contributed by atoms with E-state index < -0.39 is 0 Å². The first kappa shape index (κ1) is 15.4. The molecule has 0 saturated carbocycles. The zero-order valence-corrected chi connectivity index (χ0v) is 13.6. The number of aromatic amines is 1. The number of H-pyrrole nitrogens is 1. The lowest BCUT2D eigenvalue weighted by Gasteiger charge is -2.19. The van der Waals surface area contributed by atoms with Crippen molar-refractivity contribution in [3.8, 4) is 0 Å². The number of nitrogens with zero attached hydrogens (tertiary/aromatic N) is 2. The van der Waals surface area contributed by atoms with E-state index in [2.05, 4.69) is 4.98 Å². The van der Waals surface area contributed by atoms with Gasteiger partial charge in [-0.15, -0.1) is 0 Å². The molecule has 108 valence electrons. The summed E-state index contributed by atoms with van der Waals surface area (Å²) in [5, 5.41) is 0.898. The van der Waals surface area contributed by atoms with E-state index in [4.69, 9.17) is 35.4 Å². The SMILES string of the molecule is CCN(CC)C(=O)Cn1c(=S)[nH]c2cc(Cl)c(Cl)cc21. The van der Waals surface area contributed by atoms with Crippen molar-refractivity contribution >= 4 is 52.4 Å². The van der Waals surface area contributed by atoms with Crippen LogP contribution < -0.4 is 0 Å². The van der Waals surface area contributed by atoms with Gasteiger partial charge in [-0.25, -0.2) is 0 Å². The van der Waals surface area contributed by atoms with E-state index in [9.17, 15) is 4.79 Å². The van der Waals surface area contributed by atoms with Crippen LogP contribution in [0.2, 0.25) is 10.0 Å². The van der Waals surface area contributed by atoms with Gasteiger partial charge in [0.2, 0.25) is 5.91 Å². The Hall–Kier alpha value is -1.04. The number of likely N-dealkylation sites (N-methyl/N-ethyl adjacent to an activating group) is 1. The number of fused-ring (bicyclic) bond motifs is 1. The maximum Gasteiger partial charge on any atom is 0.242 e. The number of aromatic nitrogens is 2. The minimum absolute atomic E-state index is 0.0260. The van der Waals surface area contributed by atoms with E-state index in [1.807, 2.05) is 13.8 Å². The Kier molecular flexibility index (Phi) is 4.73. The molecular weight excluding hydrogens is 317 g/mol. The molecule has 0 unspecified atom stereocenters. The Labute approximate surface area is 132 Å². The summed E-state index contributed by atoms with van der Waals surface area (Å²) < 4.78 is 2.23. The molecule has 1 aromatic heterocycles. The molecule has 2 aromatic rings. The number of imidazole rings is 1. The summed E-state index contributed by atoms with van der Waals surface area (Å²) in [7, 11) is 0. The van der Waals surface area contributed by atoms with Crippen LogP contribution >= 0.6 is 35.4 Å². The van der Waals surface area contributed by atoms with Gasteiger partial charge in [-0.1, -0.05) is 23.2 Å². The van der Waals surface area contributed by atoms with Crippen LogP contribution in [-0.2, 0) is 11.3 Å². The Morgan fingerprint density at radius 2 is 1.90 bits per heavy atom. The molecule has 0 fully saturated rings. The summed E-state index contributed by atoms with van der Waals surface area (Å²) in [6.07, 6.45) is 0. The number of hydrogen-bond acceptors (Lipinski definition) is 2. The van der Waals surface area contributed by atoms with Crippen molar-refractivity contribution in [2.24, 2.45) is 0 Å². The molecule has 0 saturated heterocycles. The second-order valence-corrected chi connectivity index (χ2v) is 5.57. The second kappa shape index (κ2) is 6.16. The van der Waals surface area contributed by atoms with Crippen LogP contribution in [0.3, 0.4) is 0 Å². The van der Waals surface area contributed by atoms with Gasteiger partial charge in [0, 0.05) is 13.1 Å². The summed E-state index contributed by atoms with van der Waals surface area (Å²) in [6.45, 7) is 5.45. The predicted molar refractivity (Wildman–Crippen MR) is 85.1 cm³/mol. The van der Waals surface area contributed by atoms with Crippen molar-refractivity contribution in [1.82, 2.24) is 14.5 Å². The van der Waals surface area contributed by atoms with Crippen molar-refractivity contribution in [3.05, 3.63) is 26.9 Å². The maximum absolute atomic E-state index is 12.2. The van der Waals surface area contributed by atoms with Crippen LogP contribution in [0.1, 0.15) is 13.8 Å². The van der Waals surface area contributed by atoms with Gasteiger partial charge in [0.1, 0.15) is 6.54 Å². The van der Waals surface area contributed by atoms with Crippen molar-refractivity contribution < 1.29 is 4.79 Å². The molecule has 0 radical (unpaired) electrons. The number of nitrogens with one attached hydrogen (secondary N) is 1. The largest absolute Gasteiger partial charge is 0.342 e. The first-order valence-corrected chi connectivity index (χ1v) is 7.49. The lowest BCUT2D eigenvalue weighted by Crippen LogP contribution is -2.33. The van der Waals surface area contributed by atoms with Crippen LogP contribution in [0.25, 0.3) is 11.0 Å². The summed E-state index contributed by atoms with van der Waals surface area (Å²) >= 11 is 17.3. The zero-order valence-electron chi connectivity index (χ0n) is 11.2. The number of amides is 1. The molecular formula is C13H15Cl2N3OS. The van der Waals surface area contributed by atoms with Gasteiger partial charge in [-0.05, 0) is 38.2 Å². The smallest absolute Gasteiger partial charge is 0.242 e. The average Bonchev–Trinajstić information content (AvgIpc) is 2.68. The molecule has 2 rings (SSSR count). The van der Waals surface area contributed by atoms with Gasteiger partial charge >= 0.3 is 0 Å². The molecule has 20 heavy (non-hydrogen) atoms. The summed E-state index contributed by atoms with van der Waals surface area (Å²) in [5.74, 6) is 0.0260. The van der Waals surface area contributed by atoms with Gasteiger partial charge in [0.25, 0.3) is 0 Å². The first-order chi connectivity index (χ1) is 9.47. The lowest BCUT2D eigenvalue weighted by molar-refractivity contribution is -0.131. The normalized spacial score (nSPS) is 11.0. The minimum Gasteiger partial charge on any atom is -0.342 e. The fourth-order valence-electron chi connectivity index (χ4n) is 2.12. The maximum atomic E-state index is 12.2. The standard InChI is InChI=1S/C13H15Cl2N3OS/c1-3-17(4-2)12(19)7-18-11-6-9(15)8(14)5-10(11)16-13(18)20/h5-6H,3-4,7H2,1-2H3,(H,16,20). The molecule has 4 nitrogen and oxygen atoms in total. The van der Waals surface area contributed by atoms with E-state index in [1.165, 1.54) is 0 Å².